The van der Waals surface area contributed by atoms with E-state index in [4.69, 9.17) is 16.3 Å². The first-order chi connectivity index (χ1) is 15.1. The fraction of sp³-hybridized carbons (Fsp3) is 0.130. The number of anilines is 2. The van der Waals surface area contributed by atoms with Crippen LogP contribution < -0.4 is 15.4 Å². The van der Waals surface area contributed by atoms with Crippen LogP contribution in [0.2, 0.25) is 5.02 Å². The van der Waals surface area contributed by atoms with Crippen molar-refractivity contribution in [2.75, 3.05) is 10.6 Å². The Morgan fingerprint density at radius 3 is 2.19 bits per heavy atom. The molecule has 32 heavy (non-hydrogen) atoms. The van der Waals surface area contributed by atoms with E-state index in [-0.39, 0.29) is 17.2 Å². The van der Waals surface area contributed by atoms with Gasteiger partial charge in [0.15, 0.2) is 6.10 Å². The van der Waals surface area contributed by atoms with E-state index >= 15 is 0 Å². The molecule has 0 heterocycles. The lowest BCUT2D eigenvalue weighted by atomic mass is 10.1. The van der Waals surface area contributed by atoms with Crippen LogP contribution in [0.15, 0.2) is 72.8 Å². The normalized spacial score (nSPS) is 12.0. The number of halogens is 4. The molecular formula is C23H18ClF3N2O3. The standard InChI is InChI=1S/C23H18ClF3N2O3/c1-14(21(30)28-18-9-7-17(24)8-10-18)32-20-11-5-15(6-12-20)22(31)29-19-4-2-3-16(13-19)23(25,26)27/h2-14H,1H3,(H,28,30)(H,29,31)/t14-/m0/s1. The van der Waals surface area contributed by atoms with Crippen molar-refractivity contribution in [3.8, 4) is 5.75 Å². The number of carbonyl (C=O) groups excluding carboxylic acids is 2. The van der Waals surface area contributed by atoms with Crippen molar-refractivity contribution in [1.29, 1.82) is 0 Å². The zero-order valence-electron chi connectivity index (χ0n) is 16.7. The van der Waals surface area contributed by atoms with Crippen LogP contribution in [0.4, 0.5) is 24.5 Å². The van der Waals surface area contributed by atoms with E-state index in [0.717, 1.165) is 12.1 Å². The van der Waals surface area contributed by atoms with Crippen molar-refractivity contribution in [1.82, 2.24) is 0 Å². The zero-order chi connectivity index (χ0) is 23.3. The summed E-state index contributed by atoms with van der Waals surface area (Å²) in [7, 11) is 0. The highest BCUT2D eigenvalue weighted by molar-refractivity contribution is 6.30. The van der Waals surface area contributed by atoms with Crippen LogP contribution in [0, 0.1) is 0 Å². The van der Waals surface area contributed by atoms with Crippen LogP contribution in [0.25, 0.3) is 0 Å². The summed E-state index contributed by atoms with van der Waals surface area (Å²) in [6.45, 7) is 1.57. The molecule has 0 bridgehead atoms. The van der Waals surface area contributed by atoms with Gasteiger partial charge in [0, 0.05) is 22.0 Å². The number of nitrogens with one attached hydrogen (secondary N) is 2. The van der Waals surface area contributed by atoms with Gasteiger partial charge in [0.2, 0.25) is 0 Å². The molecule has 2 amide bonds. The van der Waals surface area contributed by atoms with Crippen LogP contribution in [0.5, 0.6) is 5.75 Å². The highest BCUT2D eigenvalue weighted by Gasteiger charge is 2.30. The Labute approximate surface area is 187 Å². The number of amides is 2. The zero-order valence-corrected chi connectivity index (χ0v) is 17.5. The molecule has 5 nitrogen and oxygen atoms in total. The third-order valence-electron chi connectivity index (χ3n) is 4.36. The van der Waals surface area contributed by atoms with E-state index in [1.807, 2.05) is 0 Å². The van der Waals surface area contributed by atoms with E-state index in [0.29, 0.717) is 16.5 Å². The van der Waals surface area contributed by atoms with Gasteiger partial charge in [-0.05, 0) is 73.7 Å². The predicted octanol–water partition coefficient (Wildman–Crippen LogP) is 6.02. The quantitative estimate of drug-likeness (QED) is 0.471. The molecule has 0 unspecified atom stereocenters. The van der Waals surface area contributed by atoms with Gasteiger partial charge in [-0.25, -0.2) is 0 Å². The lowest BCUT2D eigenvalue weighted by molar-refractivity contribution is -0.137. The first-order valence-corrected chi connectivity index (χ1v) is 9.81. The molecular weight excluding hydrogens is 445 g/mol. The summed E-state index contributed by atoms with van der Waals surface area (Å²) in [6.07, 6.45) is -5.33. The predicted molar refractivity (Wildman–Crippen MR) is 116 cm³/mol. The number of hydrogen-bond acceptors (Lipinski definition) is 3. The lowest BCUT2D eigenvalue weighted by Crippen LogP contribution is -2.30. The van der Waals surface area contributed by atoms with Crippen LogP contribution in [-0.4, -0.2) is 17.9 Å². The lowest BCUT2D eigenvalue weighted by Gasteiger charge is -2.15. The Morgan fingerprint density at radius 1 is 0.906 bits per heavy atom. The fourth-order valence-corrected chi connectivity index (χ4v) is 2.82. The molecule has 0 aliphatic heterocycles. The second kappa shape index (κ2) is 9.74. The summed E-state index contributed by atoms with van der Waals surface area (Å²) in [6, 6.07) is 16.8. The monoisotopic (exact) mass is 462 g/mol. The molecule has 0 fully saturated rings. The number of ether oxygens (including phenoxy) is 1. The van der Waals surface area contributed by atoms with Gasteiger partial charge >= 0.3 is 6.18 Å². The molecule has 0 saturated carbocycles. The number of rotatable bonds is 6. The van der Waals surface area contributed by atoms with Gasteiger partial charge < -0.3 is 15.4 Å². The first kappa shape index (κ1) is 23.1. The van der Waals surface area contributed by atoms with Gasteiger partial charge in [0.25, 0.3) is 11.8 Å². The number of benzene rings is 3. The molecule has 1 atom stereocenters. The molecule has 0 aromatic heterocycles. The maximum atomic E-state index is 12.8. The van der Waals surface area contributed by atoms with E-state index < -0.39 is 23.8 Å². The third kappa shape index (κ3) is 6.24. The van der Waals surface area contributed by atoms with Gasteiger partial charge in [0.05, 0.1) is 5.56 Å². The van der Waals surface area contributed by atoms with E-state index in [1.54, 1.807) is 31.2 Å². The summed E-state index contributed by atoms with van der Waals surface area (Å²) in [4.78, 5) is 24.6. The minimum Gasteiger partial charge on any atom is -0.481 e. The Kier molecular flexibility index (Phi) is 7.05. The summed E-state index contributed by atoms with van der Waals surface area (Å²) < 4.78 is 44.0. The molecule has 9 heteroatoms. The molecule has 3 rings (SSSR count). The summed E-state index contributed by atoms with van der Waals surface area (Å²) in [5, 5.41) is 5.67. The van der Waals surface area contributed by atoms with Crippen molar-refractivity contribution in [2.45, 2.75) is 19.2 Å². The summed E-state index contributed by atoms with van der Waals surface area (Å²) >= 11 is 5.81. The molecule has 0 saturated heterocycles. The van der Waals surface area contributed by atoms with Crippen molar-refractivity contribution >= 4 is 34.8 Å². The topological polar surface area (TPSA) is 67.4 Å². The Balaban J connectivity index is 1.59. The van der Waals surface area contributed by atoms with Crippen LogP contribution in [-0.2, 0) is 11.0 Å². The van der Waals surface area contributed by atoms with Crippen LogP contribution in [0.1, 0.15) is 22.8 Å². The van der Waals surface area contributed by atoms with Gasteiger partial charge in [-0.2, -0.15) is 13.2 Å². The third-order valence-corrected chi connectivity index (χ3v) is 4.61. The average molecular weight is 463 g/mol. The number of hydrogen-bond donors (Lipinski definition) is 2. The molecule has 166 valence electrons. The smallest absolute Gasteiger partial charge is 0.416 e. The number of alkyl halides is 3. The van der Waals surface area contributed by atoms with E-state index in [9.17, 15) is 22.8 Å². The maximum Gasteiger partial charge on any atom is 0.416 e. The van der Waals surface area contributed by atoms with Gasteiger partial charge in [-0.15, -0.1) is 0 Å². The van der Waals surface area contributed by atoms with Crippen molar-refractivity contribution in [2.24, 2.45) is 0 Å². The molecule has 3 aromatic carbocycles. The Morgan fingerprint density at radius 2 is 1.56 bits per heavy atom. The average Bonchev–Trinajstić information content (AvgIpc) is 2.75. The minimum absolute atomic E-state index is 0.0256. The Bertz CT molecular complexity index is 1100. The molecule has 0 spiro atoms. The van der Waals surface area contributed by atoms with Gasteiger partial charge in [-0.1, -0.05) is 17.7 Å². The van der Waals surface area contributed by atoms with Crippen molar-refractivity contribution < 1.29 is 27.5 Å². The number of carbonyl (C=O) groups is 2. The molecule has 2 N–H and O–H groups in total. The second-order valence-electron chi connectivity index (χ2n) is 6.81. The largest absolute Gasteiger partial charge is 0.481 e. The summed E-state index contributed by atoms with van der Waals surface area (Å²) in [5.41, 5.74) is -0.0490. The Hall–Kier alpha value is -3.52. The van der Waals surface area contributed by atoms with E-state index in [2.05, 4.69) is 10.6 Å². The molecule has 3 aromatic rings. The minimum atomic E-state index is -4.50. The van der Waals surface area contributed by atoms with Crippen molar-refractivity contribution in [3.63, 3.8) is 0 Å². The molecule has 0 aliphatic carbocycles. The molecule has 0 aliphatic rings. The van der Waals surface area contributed by atoms with Gasteiger partial charge in [-0.3, -0.25) is 9.59 Å². The van der Waals surface area contributed by atoms with E-state index in [1.165, 1.54) is 36.4 Å². The highest BCUT2D eigenvalue weighted by Crippen LogP contribution is 2.30. The SMILES string of the molecule is C[C@H](Oc1ccc(C(=O)Nc2cccc(C(F)(F)F)c2)cc1)C(=O)Nc1ccc(Cl)cc1. The first-order valence-electron chi connectivity index (χ1n) is 9.43. The fourth-order valence-electron chi connectivity index (χ4n) is 2.70. The molecule has 0 radical (unpaired) electrons. The van der Waals surface area contributed by atoms with Crippen molar-refractivity contribution in [3.05, 3.63) is 88.9 Å². The van der Waals surface area contributed by atoms with Crippen LogP contribution >= 0.6 is 11.6 Å². The second-order valence-corrected chi connectivity index (χ2v) is 7.25. The maximum absolute atomic E-state index is 12.8. The van der Waals surface area contributed by atoms with Gasteiger partial charge in [0.1, 0.15) is 5.75 Å². The van der Waals surface area contributed by atoms with Crippen LogP contribution in [0.3, 0.4) is 0 Å². The highest BCUT2D eigenvalue weighted by atomic mass is 35.5. The summed E-state index contributed by atoms with van der Waals surface area (Å²) in [5.74, 6) is -0.609.